The third-order valence-electron chi connectivity index (χ3n) is 4.59. The minimum Gasteiger partial charge on any atom is -0.305 e. The molecule has 1 aromatic heterocycles. The number of rotatable bonds is 4. The molecule has 118 valence electrons. The maximum atomic E-state index is 6.12. The molecule has 1 N–H and O–H groups in total. The van der Waals surface area contributed by atoms with Crippen LogP contribution in [0.4, 0.5) is 0 Å². The van der Waals surface area contributed by atoms with E-state index in [1.54, 1.807) is 0 Å². The molecule has 1 aliphatic carbocycles. The summed E-state index contributed by atoms with van der Waals surface area (Å²) in [6.07, 6.45) is 4.50. The zero-order valence-electron chi connectivity index (χ0n) is 13.1. The molecule has 1 aliphatic rings. The second kappa shape index (κ2) is 6.34. The Morgan fingerprint density at radius 2 is 2.14 bits per heavy atom. The summed E-state index contributed by atoms with van der Waals surface area (Å²) >= 11 is 6.12. The van der Waals surface area contributed by atoms with Crippen LogP contribution in [0.15, 0.2) is 24.3 Å². The van der Waals surface area contributed by atoms with Crippen molar-refractivity contribution in [1.82, 2.24) is 25.5 Å². The third kappa shape index (κ3) is 2.88. The number of hydrogen-bond acceptors (Lipinski definition) is 4. The van der Waals surface area contributed by atoms with Crippen LogP contribution in [0.2, 0.25) is 5.02 Å². The van der Waals surface area contributed by atoms with Crippen molar-refractivity contribution >= 4 is 11.6 Å². The highest BCUT2D eigenvalue weighted by molar-refractivity contribution is 6.30. The molecule has 22 heavy (non-hydrogen) atoms. The van der Waals surface area contributed by atoms with Crippen LogP contribution in [0.3, 0.4) is 0 Å². The average molecular weight is 320 g/mol. The Labute approximate surface area is 136 Å². The predicted octanol–water partition coefficient (Wildman–Crippen LogP) is 3.33. The summed E-state index contributed by atoms with van der Waals surface area (Å²) in [6.45, 7) is 5.35. The van der Waals surface area contributed by atoms with E-state index in [1.807, 2.05) is 28.9 Å². The fourth-order valence-corrected chi connectivity index (χ4v) is 3.52. The normalized spacial score (nSPS) is 25.3. The minimum absolute atomic E-state index is 0.146. The van der Waals surface area contributed by atoms with Crippen LogP contribution in [0, 0.1) is 5.92 Å². The molecule has 0 unspecified atom stereocenters. The zero-order valence-corrected chi connectivity index (χ0v) is 13.8. The minimum atomic E-state index is -0.146. The molecule has 1 fully saturated rings. The van der Waals surface area contributed by atoms with Gasteiger partial charge >= 0.3 is 0 Å². The van der Waals surface area contributed by atoms with Gasteiger partial charge in [0.25, 0.3) is 0 Å². The molecule has 0 radical (unpaired) electrons. The van der Waals surface area contributed by atoms with Gasteiger partial charge in [0.2, 0.25) is 0 Å². The maximum absolute atomic E-state index is 6.12. The average Bonchev–Trinajstić information content (AvgIpc) is 3.00. The molecule has 1 aromatic carbocycles. The van der Waals surface area contributed by atoms with Crippen molar-refractivity contribution in [2.75, 3.05) is 6.54 Å². The van der Waals surface area contributed by atoms with E-state index in [-0.39, 0.29) is 5.54 Å². The van der Waals surface area contributed by atoms with Crippen molar-refractivity contribution in [1.29, 1.82) is 0 Å². The van der Waals surface area contributed by atoms with E-state index in [2.05, 4.69) is 34.7 Å². The van der Waals surface area contributed by atoms with Crippen molar-refractivity contribution in [3.05, 3.63) is 35.1 Å². The van der Waals surface area contributed by atoms with E-state index in [0.29, 0.717) is 5.02 Å². The van der Waals surface area contributed by atoms with Crippen LogP contribution in [0.5, 0.6) is 0 Å². The summed E-state index contributed by atoms with van der Waals surface area (Å²) in [5, 5.41) is 16.8. The molecule has 1 saturated carbocycles. The first-order chi connectivity index (χ1) is 10.6. The Balaban J connectivity index is 2.01. The first-order valence-electron chi connectivity index (χ1n) is 7.94. The molecule has 5 nitrogen and oxygen atoms in total. The summed E-state index contributed by atoms with van der Waals surface area (Å²) < 4.78 is 1.82. The van der Waals surface area contributed by atoms with Gasteiger partial charge in [0, 0.05) is 5.02 Å². The summed E-state index contributed by atoms with van der Waals surface area (Å²) in [5.41, 5.74) is 0.760. The standard InChI is InChI=1S/C16H22ClN5/c1-3-18-16(9-7-12(2)8-10-16)15-19-20-21-22(15)14-6-4-5-13(17)11-14/h4-6,11-12,18H,3,7-10H2,1-2H3. The van der Waals surface area contributed by atoms with E-state index in [4.69, 9.17) is 11.6 Å². The van der Waals surface area contributed by atoms with Gasteiger partial charge in [-0.3, -0.25) is 0 Å². The molecule has 1 heterocycles. The molecule has 3 rings (SSSR count). The van der Waals surface area contributed by atoms with E-state index in [0.717, 1.165) is 36.8 Å². The summed E-state index contributed by atoms with van der Waals surface area (Å²) in [6, 6.07) is 7.66. The Morgan fingerprint density at radius 3 is 2.82 bits per heavy atom. The Bertz CT molecular complexity index is 631. The summed E-state index contributed by atoms with van der Waals surface area (Å²) in [7, 11) is 0. The van der Waals surface area contributed by atoms with Gasteiger partial charge in [0.1, 0.15) is 0 Å². The molecule has 0 spiro atoms. The van der Waals surface area contributed by atoms with Gasteiger partial charge in [-0.05, 0) is 66.8 Å². The van der Waals surface area contributed by atoms with Crippen molar-refractivity contribution in [3.63, 3.8) is 0 Å². The highest BCUT2D eigenvalue weighted by Gasteiger charge is 2.39. The largest absolute Gasteiger partial charge is 0.305 e. The SMILES string of the molecule is CCNC1(c2nnnn2-c2cccc(Cl)c2)CCC(C)CC1. The Hall–Kier alpha value is -1.46. The van der Waals surface area contributed by atoms with Gasteiger partial charge in [-0.2, -0.15) is 4.68 Å². The lowest BCUT2D eigenvalue weighted by Crippen LogP contribution is -2.47. The summed E-state index contributed by atoms with van der Waals surface area (Å²) in [4.78, 5) is 0. The van der Waals surface area contributed by atoms with E-state index in [9.17, 15) is 0 Å². The third-order valence-corrected chi connectivity index (χ3v) is 4.83. The predicted molar refractivity (Wildman–Crippen MR) is 87.2 cm³/mol. The van der Waals surface area contributed by atoms with Crippen molar-refractivity contribution in [3.8, 4) is 5.69 Å². The fraction of sp³-hybridized carbons (Fsp3) is 0.562. The maximum Gasteiger partial charge on any atom is 0.176 e. The first-order valence-corrected chi connectivity index (χ1v) is 8.32. The lowest BCUT2D eigenvalue weighted by Gasteiger charge is -2.38. The lowest BCUT2D eigenvalue weighted by atomic mass is 9.76. The van der Waals surface area contributed by atoms with Gasteiger partial charge < -0.3 is 5.32 Å². The first kappa shape index (κ1) is 15.4. The highest BCUT2D eigenvalue weighted by atomic mass is 35.5. The van der Waals surface area contributed by atoms with Gasteiger partial charge in [-0.15, -0.1) is 5.10 Å². The van der Waals surface area contributed by atoms with E-state index < -0.39 is 0 Å². The molecule has 6 heteroatoms. The molecular weight excluding hydrogens is 298 g/mol. The summed E-state index contributed by atoms with van der Waals surface area (Å²) in [5.74, 6) is 1.66. The molecule has 0 bridgehead atoms. The monoisotopic (exact) mass is 319 g/mol. The van der Waals surface area contributed by atoms with Crippen LogP contribution in [-0.2, 0) is 5.54 Å². The Morgan fingerprint density at radius 1 is 1.36 bits per heavy atom. The molecule has 0 saturated heterocycles. The lowest BCUT2D eigenvalue weighted by molar-refractivity contribution is 0.185. The van der Waals surface area contributed by atoms with Gasteiger partial charge in [0.05, 0.1) is 11.2 Å². The number of nitrogens with zero attached hydrogens (tertiary/aromatic N) is 4. The van der Waals surface area contributed by atoms with E-state index in [1.165, 1.54) is 12.8 Å². The van der Waals surface area contributed by atoms with Crippen LogP contribution >= 0.6 is 11.6 Å². The van der Waals surface area contributed by atoms with Gasteiger partial charge in [-0.25, -0.2) is 0 Å². The number of hydrogen-bond donors (Lipinski definition) is 1. The fourth-order valence-electron chi connectivity index (χ4n) is 3.34. The smallest absolute Gasteiger partial charge is 0.176 e. The number of tetrazole rings is 1. The second-order valence-electron chi connectivity index (χ2n) is 6.19. The molecule has 2 aromatic rings. The zero-order chi connectivity index (χ0) is 15.6. The molecule has 0 atom stereocenters. The topological polar surface area (TPSA) is 55.6 Å². The Kier molecular flexibility index (Phi) is 4.45. The number of aromatic nitrogens is 4. The van der Waals surface area contributed by atoms with Crippen molar-refractivity contribution in [2.24, 2.45) is 5.92 Å². The number of halogens is 1. The van der Waals surface area contributed by atoms with E-state index >= 15 is 0 Å². The van der Waals surface area contributed by atoms with Crippen molar-refractivity contribution in [2.45, 2.75) is 45.1 Å². The molecule has 0 amide bonds. The quantitative estimate of drug-likeness (QED) is 0.939. The van der Waals surface area contributed by atoms with Gasteiger partial charge in [0.15, 0.2) is 5.82 Å². The van der Waals surface area contributed by atoms with Crippen LogP contribution < -0.4 is 5.32 Å². The highest BCUT2D eigenvalue weighted by Crippen LogP contribution is 2.38. The second-order valence-corrected chi connectivity index (χ2v) is 6.63. The van der Waals surface area contributed by atoms with Crippen LogP contribution in [0.25, 0.3) is 5.69 Å². The number of benzene rings is 1. The molecule has 0 aliphatic heterocycles. The van der Waals surface area contributed by atoms with Crippen LogP contribution in [-0.4, -0.2) is 26.8 Å². The van der Waals surface area contributed by atoms with Crippen LogP contribution in [0.1, 0.15) is 45.4 Å². The molecular formula is C16H22ClN5. The number of nitrogens with one attached hydrogen (secondary N) is 1. The van der Waals surface area contributed by atoms with Crippen molar-refractivity contribution < 1.29 is 0 Å². The van der Waals surface area contributed by atoms with Gasteiger partial charge in [-0.1, -0.05) is 31.5 Å².